The van der Waals surface area contributed by atoms with Crippen LogP contribution in [0, 0.1) is 0 Å². The summed E-state index contributed by atoms with van der Waals surface area (Å²) in [6.07, 6.45) is 1.36. The number of carbonyl (C=O) groups is 1. The van der Waals surface area contributed by atoms with E-state index in [1.807, 2.05) is 37.3 Å². The number of aromatic nitrogens is 3. The third kappa shape index (κ3) is 5.37. The van der Waals surface area contributed by atoms with Crippen LogP contribution in [0.2, 0.25) is 0 Å². The molecule has 2 aromatic carbocycles. The highest BCUT2D eigenvalue weighted by atomic mass is 32.2. The average molecular weight is 441 g/mol. The number of nitrogens with one attached hydrogen (secondary N) is 1. The highest BCUT2D eigenvalue weighted by Crippen LogP contribution is 2.23. The van der Waals surface area contributed by atoms with Crippen molar-refractivity contribution in [3.05, 3.63) is 59.4 Å². The van der Waals surface area contributed by atoms with E-state index in [9.17, 15) is 4.79 Å². The standard InChI is InChI=1S/C21H20N4O3S2/c1-2-27-15-9-7-14(8-10-15)22-18(26)13-29-21-25-24-19(28-21)11-12-20-23-16-5-3-4-6-17(16)30-20/h3-10H,2,11-13H2,1H3,(H,22,26). The number of benzene rings is 2. The van der Waals surface area contributed by atoms with Crippen molar-refractivity contribution in [3.8, 4) is 5.75 Å². The van der Waals surface area contributed by atoms with Crippen molar-refractivity contribution in [2.75, 3.05) is 17.7 Å². The molecule has 30 heavy (non-hydrogen) atoms. The molecule has 0 aliphatic heterocycles. The van der Waals surface area contributed by atoms with E-state index in [0.29, 0.717) is 29.8 Å². The molecule has 0 aliphatic carbocycles. The topological polar surface area (TPSA) is 90.1 Å². The van der Waals surface area contributed by atoms with Gasteiger partial charge in [0.2, 0.25) is 11.8 Å². The molecule has 9 heteroatoms. The molecule has 2 aromatic heterocycles. The van der Waals surface area contributed by atoms with Gasteiger partial charge in [-0.15, -0.1) is 21.5 Å². The van der Waals surface area contributed by atoms with Crippen molar-refractivity contribution in [1.82, 2.24) is 15.2 Å². The maximum atomic E-state index is 12.1. The first kappa shape index (κ1) is 20.4. The van der Waals surface area contributed by atoms with Gasteiger partial charge in [-0.1, -0.05) is 23.9 Å². The Morgan fingerprint density at radius 2 is 1.97 bits per heavy atom. The zero-order valence-corrected chi connectivity index (χ0v) is 18.0. The van der Waals surface area contributed by atoms with Gasteiger partial charge < -0.3 is 14.5 Å². The molecule has 1 N–H and O–H groups in total. The van der Waals surface area contributed by atoms with Crippen LogP contribution in [0.25, 0.3) is 10.2 Å². The van der Waals surface area contributed by atoms with E-state index >= 15 is 0 Å². The summed E-state index contributed by atoms with van der Waals surface area (Å²) in [5.41, 5.74) is 1.73. The first-order chi connectivity index (χ1) is 14.7. The fourth-order valence-electron chi connectivity index (χ4n) is 2.76. The summed E-state index contributed by atoms with van der Waals surface area (Å²) in [5.74, 6) is 1.36. The van der Waals surface area contributed by atoms with Crippen molar-refractivity contribution in [2.24, 2.45) is 0 Å². The van der Waals surface area contributed by atoms with Gasteiger partial charge in [0.15, 0.2) is 0 Å². The van der Waals surface area contributed by atoms with E-state index in [0.717, 1.165) is 22.7 Å². The summed E-state index contributed by atoms with van der Waals surface area (Å²) in [4.78, 5) is 16.8. The Bertz CT molecular complexity index is 1090. The van der Waals surface area contributed by atoms with E-state index < -0.39 is 0 Å². The lowest BCUT2D eigenvalue weighted by Gasteiger charge is -2.06. The van der Waals surface area contributed by atoms with Crippen LogP contribution in [0.5, 0.6) is 5.75 Å². The van der Waals surface area contributed by atoms with Crippen LogP contribution in [0.4, 0.5) is 5.69 Å². The van der Waals surface area contributed by atoms with Gasteiger partial charge in [-0.2, -0.15) is 0 Å². The minimum Gasteiger partial charge on any atom is -0.494 e. The van der Waals surface area contributed by atoms with Crippen molar-refractivity contribution in [3.63, 3.8) is 0 Å². The zero-order valence-electron chi connectivity index (χ0n) is 16.3. The largest absolute Gasteiger partial charge is 0.494 e. The molecule has 0 atom stereocenters. The number of thiazole rings is 1. The van der Waals surface area contributed by atoms with Crippen LogP contribution in [0.15, 0.2) is 58.2 Å². The molecule has 0 saturated carbocycles. The van der Waals surface area contributed by atoms with E-state index in [-0.39, 0.29) is 11.7 Å². The maximum absolute atomic E-state index is 12.1. The Labute approximate surface area is 181 Å². The van der Waals surface area contributed by atoms with Gasteiger partial charge in [0.25, 0.3) is 5.22 Å². The third-order valence-electron chi connectivity index (χ3n) is 4.12. The van der Waals surface area contributed by atoms with Crippen LogP contribution in [-0.2, 0) is 17.6 Å². The summed E-state index contributed by atoms with van der Waals surface area (Å²) in [6.45, 7) is 2.53. The number of hydrogen-bond donors (Lipinski definition) is 1. The number of nitrogens with zero attached hydrogens (tertiary/aromatic N) is 3. The van der Waals surface area contributed by atoms with Gasteiger partial charge in [0.05, 0.1) is 27.6 Å². The SMILES string of the molecule is CCOc1ccc(NC(=O)CSc2nnc(CCc3nc4ccccc4s3)o2)cc1. The number of aryl methyl sites for hydroxylation is 2. The summed E-state index contributed by atoms with van der Waals surface area (Å²) in [5, 5.41) is 12.3. The number of anilines is 1. The quantitative estimate of drug-likeness (QED) is 0.381. The van der Waals surface area contributed by atoms with E-state index in [4.69, 9.17) is 9.15 Å². The molecule has 0 unspecified atom stereocenters. The number of carbonyl (C=O) groups excluding carboxylic acids is 1. The molecule has 0 saturated heterocycles. The molecule has 0 fully saturated rings. The predicted molar refractivity (Wildman–Crippen MR) is 118 cm³/mol. The normalized spacial score (nSPS) is 11.0. The Morgan fingerprint density at radius 1 is 1.13 bits per heavy atom. The number of amides is 1. The number of ether oxygens (including phenoxy) is 1. The van der Waals surface area contributed by atoms with Crippen molar-refractivity contribution < 1.29 is 13.9 Å². The second-order valence-corrected chi connectivity index (χ2v) is 8.37. The molecule has 2 heterocycles. The molecule has 4 rings (SSSR count). The van der Waals surface area contributed by atoms with Gasteiger partial charge >= 0.3 is 0 Å². The van der Waals surface area contributed by atoms with Crippen molar-refractivity contribution >= 4 is 44.9 Å². The van der Waals surface area contributed by atoms with E-state index in [1.54, 1.807) is 23.5 Å². The zero-order chi connectivity index (χ0) is 20.8. The highest BCUT2D eigenvalue weighted by Gasteiger charge is 2.11. The molecule has 0 bridgehead atoms. The maximum Gasteiger partial charge on any atom is 0.277 e. The van der Waals surface area contributed by atoms with Gasteiger partial charge in [0.1, 0.15) is 5.75 Å². The molecule has 7 nitrogen and oxygen atoms in total. The van der Waals surface area contributed by atoms with Gasteiger partial charge in [0, 0.05) is 18.5 Å². The highest BCUT2D eigenvalue weighted by molar-refractivity contribution is 7.99. The average Bonchev–Trinajstić information content (AvgIpc) is 3.39. The van der Waals surface area contributed by atoms with Crippen molar-refractivity contribution in [2.45, 2.75) is 25.0 Å². The van der Waals surface area contributed by atoms with E-state index in [1.165, 1.54) is 16.5 Å². The van der Waals surface area contributed by atoms with Crippen LogP contribution >= 0.6 is 23.1 Å². The lowest BCUT2D eigenvalue weighted by molar-refractivity contribution is -0.113. The molecule has 1 amide bonds. The Morgan fingerprint density at radius 3 is 2.77 bits per heavy atom. The van der Waals surface area contributed by atoms with Crippen LogP contribution in [0.1, 0.15) is 17.8 Å². The van der Waals surface area contributed by atoms with Crippen LogP contribution in [0.3, 0.4) is 0 Å². The lowest BCUT2D eigenvalue weighted by atomic mass is 10.3. The fraction of sp³-hybridized carbons (Fsp3) is 0.238. The van der Waals surface area contributed by atoms with Gasteiger partial charge in [-0.3, -0.25) is 4.79 Å². The first-order valence-corrected chi connectivity index (χ1v) is 11.3. The third-order valence-corrected chi connectivity index (χ3v) is 6.03. The number of rotatable bonds is 9. The van der Waals surface area contributed by atoms with Crippen LogP contribution < -0.4 is 10.1 Å². The Balaban J connectivity index is 1.24. The van der Waals surface area contributed by atoms with Gasteiger partial charge in [-0.25, -0.2) is 4.98 Å². The second-order valence-electron chi connectivity index (χ2n) is 6.33. The first-order valence-electron chi connectivity index (χ1n) is 9.52. The molecule has 0 aliphatic rings. The minimum absolute atomic E-state index is 0.140. The van der Waals surface area contributed by atoms with Crippen molar-refractivity contribution in [1.29, 1.82) is 0 Å². The van der Waals surface area contributed by atoms with Crippen LogP contribution in [-0.4, -0.2) is 33.4 Å². The molecule has 154 valence electrons. The lowest BCUT2D eigenvalue weighted by Crippen LogP contribution is -2.13. The smallest absolute Gasteiger partial charge is 0.277 e. The summed E-state index contributed by atoms with van der Waals surface area (Å²) >= 11 is 2.89. The Kier molecular flexibility index (Phi) is 6.60. The second kappa shape index (κ2) is 9.73. The molecule has 4 aromatic rings. The predicted octanol–water partition coefficient (Wildman–Crippen LogP) is 4.59. The Hall–Kier alpha value is -2.91. The fourth-order valence-corrected chi connectivity index (χ4v) is 4.31. The molecular formula is C21H20N4O3S2. The van der Waals surface area contributed by atoms with E-state index in [2.05, 4.69) is 26.6 Å². The number of fused-ring (bicyclic) bond motifs is 1. The molecule has 0 radical (unpaired) electrons. The minimum atomic E-state index is -0.140. The molecular weight excluding hydrogens is 420 g/mol. The number of thioether (sulfide) groups is 1. The van der Waals surface area contributed by atoms with Gasteiger partial charge in [-0.05, 0) is 43.3 Å². The number of hydrogen-bond acceptors (Lipinski definition) is 8. The molecule has 0 spiro atoms. The summed E-state index contributed by atoms with van der Waals surface area (Å²) in [6, 6.07) is 15.3. The summed E-state index contributed by atoms with van der Waals surface area (Å²) < 4.78 is 12.2. The summed E-state index contributed by atoms with van der Waals surface area (Å²) in [7, 11) is 0. The monoisotopic (exact) mass is 440 g/mol. The number of para-hydroxylation sites is 1.